The maximum absolute atomic E-state index is 10.9. The first-order valence-corrected chi connectivity index (χ1v) is 6.57. The summed E-state index contributed by atoms with van der Waals surface area (Å²) in [5.41, 5.74) is 2.20. The third-order valence-electron chi connectivity index (χ3n) is 2.71. The fourth-order valence-electron chi connectivity index (χ4n) is 1.67. The standard InChI is InChI=1S/C15H13BrO3/c1-10-7-13(5-6-14(10)16)19-9-11-3-2-4-12(8-11)15(17)18/h2-8H,9H2,1H3,(H,17,18). The number of carboxylic acids is 1. The number of benzene rings is 2. The summed E-state index contributed by atoms with van der Waals surface area (Å²) < 4.78 is 6.68. The summed E-state index contributed by atoms with van der Waals surface area (Å²) in [6.07, 6.45) is 0. The molecule has 0 unspecified atom stereocenters. The highest BCUT2D eigenvalue weighted by molar-refractivity contribution is 9.10. The van der Waals surface area contributed by atoms with Crippen LogP contribution >= 0.6 is 15.9 Å². The molecule has 2 aromatic carbocycles. The molecule has 0 radical (unpaired) electrons. The Hall–Kier alpha value is -1.81. The summed E-state index contributed by atoms with van der Waals surface area (Å²) >= 11 is 3.43. The zero-order valence-corrected chi connectivity index (χ0v) is 12.0. The molecule has 0 aromatic heterocycles. The minimum absolute atomic E-state index is 0.271. The van der Waals surface area contributed by atoms with Crippen molar-refractivity contribution in [2.24, 2.45) is 0 Å². The lowest BCUT2D eigenvalue weighted by Gasteiger charge is -2.08. The second kappa shape index (κ2) is 5.89. The van der Waals surface area contributed by atoms with Crippen molar-refractivity contribution in [3.8, 4) is 5.75 Å². The van der Waals surface area contributed by atoms with Crippen molar-refractivity contribution in [2.75, 3.05) is 0 Å². The molecule has 0 aliphatic heterocycles. The molecule has 0 atom stereocenters. The Morgan fingerprint density at radius 3 is 2.74 bits per heavy atom. The molecule has 1 N–H and O–H groups in total. The van der Waals surface area contributed by atoms with E-state index in [4.69, 9.17) is 9.84 Å². The van der Waals surface area contributed by atoms with Gasteiger partial charge in [0.25, 0.3) is 0 Å². The lowest BCUT2D eigenvalue weighted by molar-refractivity contribution is 0.0696. The average Bonchev–Trinajstić information content (AvgIpc) is 2.40. The van der Waals surface area contributed by atoms with E-state index in [-0.39, 0.29) is 5.56 Å². The summed E-state index contributed by atoms with van der Waals surface area (Å²) in [6, 6.07) is 12.5. The van der Waals surface area contributed by atoms with Crippen molar-refractivity contribution in [2.45, 2.75) is 13.5 Å². The van der Waals surface area contributed by atoms with E-state index in [9.17, 15) is 4.79 Å². The van der Waals surface area contributed by atoms with Gasteiger partial charge in [-0.15, -0.1) is 0 Å². The lowest BCUT2D eigenvalue weighted by Crippen LogP contribution is -2.00. The molecule has 2 aromatic rings. The topological polar surface area (TPSA) is 46.5 Å². The SMILES string of the molecule is Cc1cc(OCc2cccc(C(=O)O)c2)ccc1Br. The lowest BCUT2D eigenvalue weighted by atomic mass is 10.1. The van der Waals surface area contributed by atoms with E-state index in [2.05, 4.69) is 15.9 Å². The van der Waals surface area contributed by atoms with E-state index < -0.39 is 5.97 Å². The third-order valence-corrected chi connectivity index (χ3v) is 3.60. The molecule has 4 heteroatoms. The molecule has 0 aliphatic rings. The van der Waals surface area contributed by atoms with Crippen molar-refractivity contribution in [3.63, 3.8) is 0 Å². The molecular weight excluding hydrogens is 308 g/mol. The first-order valence-electron chi connectivity index (χ1n) is 5.77. The molecule has 0 saturated heterocycles. The van der Waals surface area contributed by atoms with Crippen LogP contribution in [-0.4, -0.2) is 11.1 Å². The normalized spacial score (nSPS) is 10.2. The van der Waals surface area contributed by atoms with Gasteiger partial charge in [0.1, 0.15) is 12.4 Å². The first kappa shape index (κ1) is 13.6. The van der Waals surface area contributed by atoms with Gasteiger partial charge in [0, 0.05) is 4.47 Å². The monoisotopic (exact) mass is 320 g/mol. The van der Waals surface area contributed by atoms with E-state index in [1.165, 1.54) is 0 Å². The number of carboxylic acid groups (broad SMARTS) is 1. The van der Waals surface area contributed by atoms with Gasteiger partial charge in [-0.25, -0.2) is 4.79 Å². The van der Waals surface area contributed by atoms with Crippen molar-refractivity contribution in [1.29, 1.82) is 0 Å². The summed E-state index contributed by atoms with van der Waals surface area (Å²) in [4.78, 5) is 10.9. The number of aromatic carboxylic acids is 1. The Balaban J connectivity index is 2.07. The summed E-state index contributed by atoms with van der Waals surface area (Å²) in [5.74, 6) is -0.164. The number of aryl methyl sites for hydroxylation is 1. The zero-order chi connectivity index (χ0) is 13.8. The molecule has 19 heavy (non-hydrogen) atoms. The van der Waals surface area contributed by atoms with Crippen LogP contribution in [0.1, 0.15) is 21.5 Å². The number of carbonyl (C=O) groups is 1. The Kier molecular flexibility index (Phi) is 4.22. The van der Waals surface area contributed by atoms with Crippen LogP contribution in [0.25, 0.3) is 0 Å². The van der Waals surface area contributed by atoms with Crippen LogP contribution in [0.3, 0.4) is 0 Å². The van der Waals surface area contributed by atoms with Crippen LogP contribution in [0.15, 0.2) is 46.9 Å². The predicted octanol–water partition coefficient (Wildman–Crippen LogP) is 4.03. The highest BCUT2D eigenvalue weighted by atomic mass is 79.9. The minimum atomic E-state index is -0.929. The Morgan fingerprint density at radius 2 is 2.05 bits per heavy atom. The Bertz CT molecular complexity index is 608. The maximum Gasteiger partial charge on any atom is 0.335 e. The second-order valence-corrected chi connectivity index (χ2v) is 5.06. The Labute approximate surface area is 120 Å². The predicted molar refractivity (Wildman–Crippen MR) is 76.6 cm³/mol. The van der Waals surface area contributed by atoms with Gasteiger partial charge in [-0.2, -0.15) is 0 Å². The second-order valence-electron chi connectivity index (χ2n) is 4.21. The first-order chi connectivity index (χ1) is 9.06. The van der Waals surface area contributed by atoms with Crippen LogP contribution in [0.2, 0.25) is 0 Å². The molecule has 0 saturated carbocycles. The molecule has 0 heterocycles. The number of hydrogen-bond acceptors (Lipinski definition) is 2. The highest BCUT2D eigenvalue weighted by Crippen LogP contribution is 2.22. The number of hydrogen-bond donors (Lipinski definition) is 1. The fourth-order valence-corrected chi connectivity index (χ4v) is 1.91. The van der Waals surface area contributed by atoms with Crippen molar-refractivity contribution in [1.82, 2.24) is 0 Å². The molecule has 0 aliphatic carbocycles. The average molecular weight is 321 g/mol. The molecule has 98 valence electrons. The van der Waals surface area contributed by atoms with E-state index in [1.807, 2.05) is 31.2 Å². The van der Waals surface area contributed by atoms with Gasteiger partial charge in [0.15, 0.2) is 0 Å². The molecule has 3 nitrogen and oxygen atoms in total. The van der Waals surface area contributed by atoms with Crippen molar-refractivity contribution >= 4 is 21.9 Å². The van der Waals surface area contributed by atoms with Gasteiger partial charge < -0.3 is 9.84 Å². The van der Waals surface area contributed by atoms with Gasteiger partial charge in [-0.05, 0) is 48.4 Å². The van der Waals surface area contributed by atoms with Gasteiger partial charge in [0.2, 0.25) is 0 Å². The van der Waals surface area contributed by atoms with Crippen LogP contribution in [0.5, 0.6) is 5.75 Å². The smallest absolute Gasteiger partial charge is 0.335 e. The zero-order valence-electron chi connectivity index (χ0n) is 10.4. The molecule has 0 spiro atoms. The minimum Gasteiger partial charge on any atom is -0.489 e. The maximum atomic E-state index is 10.9. The van der Waals surface area contributed by atoms with Crippen LogP contribution in [0, 0.1) is 6.92 Å². The Morgan fingerprint density at radius 1 is 1.26 bits per heavy atom. The highest BCUT2D eigenvalue weighted by Gasteiger charge is 2.04. The van der Waals surface area contributed by atoms with Gasteiger partial charge in [-0.1, -0.05) is 28.1 Å². The molecule has 0 fully saturated rings. The quantitative estimate of drug-likeness (QED) is 0.924. The van der Waals surface area contributed by atoms with E-state index in [0.29, 0.717) is 6.61 Å². The number of ether oxygens (including phenoxy) is 1. The molecular formula is C15H13BrO3. The van der Waals surface area contributed by atoms with Gasteiger partial charge in [-0.3, -0.25) is 0 Å². The number of rotatable bonds is 4. The van der Waals surface area contributed by atoms with E-state index in [0.717, 1.165) is 21.3 Å². The summed E-state index contributed by atoms with van der Waals surface area (Å²) in [7, 11) is 0. The van der Waals surface area contributed by atoms with Gasteiger partial charge >= 0.3 is 5.97 Å². The van der Waals surface area contributed by atoms with Crippen molar-refractivity contribution in [3.05, 3.63) is 63.6 Å². The number of halogens is 1. The van der Waals surface area contributed by atoms with E-state index in [1.54, 1.807) is 18.2 Å². The summed E-state index contributed by atoms with van der Waals surface area (Å²) in [5, 5.41) is 8.92. The fraction of sp³-hybridized carbons (Fsp3) is 0.133. The molecule has 0 bridgehead atoms. The van der Waals surface area contributed by atoms with Crippen molar-refractivity contribution < 1.29 is 14.6 Å². The molecule has 0 amide bonds. The largest absolute Gasteiger partial charge is 0.489 e. The molecule has 2 rings (SSSR count). The van der Waals surface area contributed by atoms with Gasteiger partial charge in [0.05, 0.1) is 5.56 Å². The van der Waals surface area contributed by atoms with Crippen LogP contribution in [-0.2, 0) is 6.61 Å². The van der Waals surface area contributed by atoms with E-state index >= 15 is 0 Å². The van der Waals surface area contributed by atoms with Crippen LogP contribution in [0.4, 0.5) is 0 Å². The third kappa shape index (κ3) is 3.58. The van der Waals surface area contributed by atoms with Crippen LogP contribution < -0.4 is 4.74 Å². The summed E-state index contributed by atoms with van der Waals surface area (Å²) in [6.45, 7) is 2.34.